The maximum Gasteiger partial charge on any atom is 0.274 e. The lowest BCUT2D eigenvalue weighted by Gasteiger charge is -2.31. The number of hydrogen-bond acceptors (Lipinski definition) is 4. The fraction of sp³-hybridized carbons (Fsp3) is 0.407. The molecule has 3 aromatic rings. The van der Waals surface area contributed by atoms with Crippen LogP contribution in [0.2, 0.25) is 5.02 Å². The van der Waals surface area contributed by atoms with Gasteiger partial charge >= 0.3 is 0 Å². The van der Waals surface area contributed by atoms with Gasteiger partial charge in [0.15, 0.2) is 17.2 Å². The average Bonchev–Trinajstić information content (AvgIpc) is 3.17. The predicted molar refractivity (Wildman–Crippen MR) is 136 cm³/mol. The number of methoxy groups -OCH3 is 1. The number of carbonyl (C=O) groups is 1. The van der Waals surface area contributed by atoms with Gasteiger partial charge in [0.2, 0.25) is 0 Å². The van der Waals surface area contributed by atoms with Gasteiger partial charge in [-0.3, -0.25) is 4.79 Å². The number of aryl methyl sites for hydroxylation is 1. The summed E-state index contributed by atoms with van der Waals surface area (Å²) >= 11 is 6.15. The zero-order chi connectivity index (χ0) is 24.8. The molecule has 0 spiro atoms. The number of fused-ring (bicyclic) bond motifs is 3. The first kappa shape index (κ1) is 24.1. The molecule has 34 heavy (non-hydrogen) atoms. The molecule has 180 valence electrons. The number of amides is 1. The summed E-state index contributed by atoms with van der Waals surface area (Å²) in [6.45, 7) is 10.0. The van der Waals surface area contributed by atoms with Crippen LogP contribution in [-0.4, -0.2) is 46.4 Å². The molecule has 7 heteroatoms. The molecule has 2 aromatic carbocycles. The molecule has 6 nitrogen and oxygen atoms in total. The number of nitrogens with zero attached hydrogens (tertiary/aromatic N) is 3. The Morgan fingerprint density at radius 1 is 1.12 bits per heavy atom. The van der Waals surface area contributed by atoms with Crippen molar-refractivity contribution in [3.05, 3.63) is 58.2 Å². The SMILES string of the molecule is COc1cc2c(cc1OC(C)C)-c1c(c(C(=O)N(C)C(C)(C)C)nn1-c1ccc(Cl)cc1)CC2. The van der Waals surface area contributed by atoms with E-state index in [9.17, 15) is 4.79 Å². The predicted octanol–water partition coefficient (Wildman–Crippen LogP) is 5.96. The number of carbonyl (C=O) groups excluding carboxylic acids is 1. The molecule has 0 atom stereocenters. The van der Waals surface area contributed by atoms with E-state index in [1.54, 1.807) is 12.0 Å². The van der Waals surface area contributed by atoms with Crippen LogP contribution >= 0.6 is 11.6 Å². The van der Waals surface area contributed by atoms with Crippen molar-refractivity contribution in [3.63, 3.8) is 0 Å². The zero-order valence-electron chi connectivity index (χ0n) is 20.9. The van der Waals surface area contributed by atoms with Gasteiger partial charge in [-0.2, -0.15) is 5.10 Å². The highest BCUT2D eigenvalue weighted by Gasteiger charge is 2.33. The van der Waals surface area contributed by atoms with Crippen molar-refractivity contribution in [2.75, 3.05) is 14.2 Å². The summed E-state index contributed by atoms with van der Waals surface area (Å²) in [5.41, 5.74) is 4.99. The van der Waals surface area contributed by atoms with Crippen molar-refractivity contribution in [3.8, 4) is 28.4 Å². The van der Waals surface area contributed by atoms with E-state index < -0.39 is 0 Å². The van der Waals surface area contributed by atoms with Crippen LogP contribution < -0.4 is 9.47 Å². The number of rotatable bonds is 5. The Kier molecular flexibility index (Phi) is 6.38. The number of ether oxygens (including phenoxy) is 2. The van der Waals surface area contributed by atoms with Gasteiger partial charge in [-0.05, 0) is 89.4 Å². The maximum absolute atomic E-state index is 13.6. The van der Waals surface area contributed by atoms with E-state index in [4.69, 9.17) is 26.2 Å². The van der Waals surface area contributed by atoms with Gasteiger partial charge < -0.3 is 14.4 Å². The minimum atomic E-state index is -0.327. The normalized spacial score (nSPS) is 12.9. The van der Waals surface area contributed by atoms with Crippen LogP contribution in [0.4, 0.5) is 0 Å². The molecule has 1 aliphatic carbocycles. The number of benzene rings is 2. The Labute approximate surface area is 206 Å². The summed E-state index contributed by atoms with van der Waals surface area (Å²) in [6, 6.07) is 11.6. The first-order chi connectivity index (χ1) is 16.0. The first-order valence-electron chi connectivity index (χ1n) is 11.5. The molecular weight excluding hydrogens is 450 g/mol. The Balaban J connectivity index is 1.96. The monoisotopic (exact) mass is 481 g/mol. The highest BCUT2D eigenvalue weighted by molar-refractivity contribution is 6.30. The van der Waals surface area contributed by atoms with Crippen LogP contribution in [0, 0.1) is 0 Å². The summed E-state index contributed by atoms with van der Waals surface area (Å²) < 4.78 is 13.5. The third kappa shape index (κ3) is 4.39. The van der Waals surface area contributed by atoms with Crippen LogP contribution in [0.1, 0.15) is 56.2 Å². The smallest absolute Gasteiger partial charge is 0.274 e. The minimum absolute atomic E-state index is 0.00578. The molecule has 0 bridgehead atoms. The molecule has 0 saturated carbocycles. The van der Waals surface area contributed by atoms with Gasteiger partial charge in [0.25, 0.3) is 5.91 Å². The maximum atomic E-state index is 13.6. The molecule has 4 rings (SSSR count). The van der Waals surface area contributed by atoms with Gasteiger partial charge in [0.1, 0.15) is 0 Å². The molecular formula is C27H32ClN3O3. The molecule has 1 aromatic heterocycles. The molecule has 0 aliphatic heterocycles. The molecule has 0 saturated heterocycles. The molecule has 1 heterocycles. The largest absolute Gasteiger partial charge is 0.493 e. The van der Waals surface area contributed by atoms with Crippen molar-refractivity contribution in [1.29, 1.82) is 0 Å². The highest BCUT2D eigenvalue weighted by atomic mass is 35.5. The van der Waals surface area contributed by atoms with Gasteiger partial charge in [-0.15, -0.1) is 0 Å². The summed E-state index contributed by atoms with van der Waals surface area (Å²) in [4.78, 5) is 15.3. The molecule has 0 fully saturated rings. The van der Waals surface area contributed by atoms with Crippen molar-refractivity contribution >= 4 is 17.5 Å². The average molecular weight is 482 g/mol. The Morgan fingerprint density at radius 2 is 1.79 bits per heavy atom. The number of aromatic nitrogens is 2. The van der Waals surface area contributed by atoms with Gasteiger partial charge in [-0.1, -0.05) is 11.6 Å². The Morgan fingerprint density at radius 3 is 2.38 bits per heavy atom. The zero-order valence-corrected chi connectivity index (χ0v) is 21.7. The van der Waals surface area contributed by atoms with Crippen LogP contribution in [0.15, 0.2) is 36.4 Å². The fourth-order valence-corrected chi connectivity index (χ4v) is 4.29. The third-order valence-electron chi connectivity index (χ3n) is 6.22. The molecule has 0 N–H and O–H groups in total. The molecule has 1 aliphatic rings. The van der Waals surface area contributed by atoms with Crippen LogP contribution in [0.25, 0.3) is 16.9 Å². The van der Waals surface area contributed by atoms with Crippen LogP contribution in [0.3, 0.4) is 0 Å². The minimum Gasteiger partial charge on any atom is -0.493 e. The topological polar surface area (TPSA) is 56.6 Å². The summed E-state index contributed by atoms with van der Waals surface area (Å²) in [5.74, 6) is 1.29. The Hall–Kier alpha value is -2.99. The number of halogens is 1. The van der Waals surface area contributed by atoms with E-state index in [2.05, 4.69) is 0 Å². The second-order valence-electron chi connectivity index (χ2n) is 9.93. The van der Waals surface area contributed by atoms with Crippen molar-refractivity contribution in [1.82, 2.24) is 14.7 Å². The summed E-state index contributed by atoms with van der Waals surface area (Å²) in [5, 5.41) is 5.51. The standard InChI is InChI=1S/C27H32ClN3O3/c1-16(2)34-23-15-21-17(14-22(23)33-7)8-13-20-24(26(32)30(6)27(3,4)5)29-31(25(20)21)19-11-9-18(28)10-12-19/h9-12,14-16H,8,13H2,1-7H3. The van der Waals surface area contributed by atoms with E-state index in [1.807, 2.05) is 82.7 Å². The molecule has 0 radical (unpaired) electrons. The van der Waals surface area contributed by atoms with Gasteiger partial charge in [-0.25, -0.2) is 4.68 Å². The van der Waals surface area contributed by atoms with Crippen LogP contribution in [-0.2, 0) is 12.8 Å². The first-order valence-corrected chi connectivity index (χ1v) is 11.9. The van der Waals surface area contributed by atoms with Crippen molar-refractivity contribution in [2.45, 2.75) is 59.1 Å². The Bertz CT molecular complexity index is 1220. The lowest BCUT2D eigenvalue weighted by molar-refractivity contribution is 0.0648. The lowest BCUT2D eigenvalue weighted by Crippen LogP contribution is -2.43. The van der Waals surface area contributed by atoms with Crippen molar-refractivity contribution < 1.29 is 14.3 Å². The van der Waals surface area contributed by atoms with Crippen molar-refractivity contribution in [2.24, 2.45) is 0 Å². The second kappa shape index (κ2) is 8.99. The second-order valence-corrected chi connectivity index (χ2v) is 10.4. The van der Waals surface area contributed by atoms with E-state index in [1.165, 1.54) is 0 Å². The summed E-state index contributed by atoms with van der Waals surface area (Å²) in [6.07, 6.45) is 1.49. The molecule has 0 unspecified atom stereocenters. The number of hydrogen-bond donors (Lipinski definition) is 0. The van der Waals surface area contributed by atoms with E-state index in [-0.39, 0.29) is 17.6 Å². The summed E-state index contributed by atoms with van der Waals surface area (Å²) in [7, 11) is 3.48. The third-order valence-corrected chi connectivity index (χ3v) is 6.47. The van der Waals surface area contributed by atoms with E-state index in [0.29, 0.717) is 28.6 Å². The van der Waals surface area contributed by atoms with E-state index in [0.717, 1.165) is 34.5 Å². The van der Waals surface area contributed by atoms with Gasteiger partial charge in [0.05, 0.1) is 24.6 Å². The fourth-order valence-electron chi connectivity index (χ4n) is 4.16. The molecule has 1 amide bonds. The quantitative estimate of drug-likeness (QED) is 0.451. The lowest BCUT2D eigenvalue weighted by atomic mass is 9.88. The highest BCUT2D eigenvalue weighted by Crippen LogP contribution is 2.43. The van der Waals surface area contributed by atoms with E-state index >= 15 is 0 Å². The van der Waals surface area contributed by atoms with Gasteiger partial charge in [0, 0.05) is 28.7 Å². The van der Waals surface area contributed by atoms with Crippen LogP contribution in [0.5, 0.6) is 11.5 Å².